The Balaban J connectivity index is 2.30. The van der Waals surface area contributed by atoms with E-state index in [1.165, 1.54) is 7.11 Å². The third-order valence-corrected chi connectivity index (χ3v) is 4.35. The number of fused-ring (bicyclic) bond motifs is 2. The average Bonchev–Trinajstić information content (AvgIpc) is 2.52. The van der Waals surface area contributed by atoms with E-state index in [1.807, 2.05) is 13.8 Å². The lowest BCUT2D eigenvalue weighted by molar-refractivity contribution is 0.0489. The van der Waals surface area contributed by atoms with Crippen LogP contribution in [0, 0.1) is 0 Å². The monoisotopic (exact) mass is 346 g/mol. The topological polar surface area (TPSA) is 75.0 Å². The van der Waals surface area contributed by atoms with E-state index >= 15 is 0 Å². The van der Waals surface area contributed by atoms with E-state index in [0.717, 1.165) is 18.1 Å². The Kier molecular flexibility index (Phi) is 4.22. The maximum Gasteiger partial charge on any atom is 0.374 e. The van der Waals surface area contributed by atoms with E-state index in [9.17, 15) is 9.59 Å². The lowest BCUT2D eigenvalue weighted by atomic mass is 9.85. The Morgan fingerprint density at radius 1 is 1.36 bits per heavy atom. The van der Waals surface area contributed by atoms with Crippen LogP contribution in [0.2, 0.25) is 0 Å². The Morgan fingerprint density at radius 2 is 2.08 bits per heavy atom. The number of benzene rings is 1. The summed E-state index contributed by atoms with van der Waals surface area (Å²) >= 11 is 0. The Hall–Kier alpha value is -2.50. The molecule has 0 bridgehead atoms. The summed E-state index contributed by atoms with van der Waals surface area (Å²) in [6.07, 6.45) is 0.820. The SMILES string of the molecule is CCOC(=O)c1cc(=O)c2cc3c(c(OC)c2o1)OC(C)(C)CC3C. The molecule has 0 N–H and O–H groups in total. The van der Waals surface area contributed by atoms with Crippen LogP contribution in [0.3, 0.4) is 0 Å². The summed E-state index contributed by atoms with van der Waals surface area (Å²) in [4.78, 5) is 24.5. The first-order valence-electron chi connectivity index (χ1n) is 8.32. The number of carbonyl (C=O) groups is 1. The fourth-order valence-corrected chi connectivity index (χ4v) is 3.39. The van der Waals surface area contributed by atoms with Crippen molar-refractivity contribution in [1.82, 2.24) is 0 Å². The standard InChI is InChI=1S/C19H22O6/c1-6-23-18(21)14-8-13(20)12-7-11-10(2)9-19(3,4)25-16(11)17(22-5)15(12)24-14/h7-8,10H,6,9H2,1-5H3. The molecule has 6 heteroatoms. The van der Waals surface area contributed by atoms with Crippen LogP contribution in [0.5, 0.6) is 11.5 Å². The van der Waals surface area contributed by atoms with Crippen molar-refractivity contribution in [3.05, 3.63) is 33.7 Å². The van der Waals surface area contributed by atoms with Gasteiger partial charge in [0.1, 0.15) is 5.60 Å². The molecule has 25 heavy (non-hydrogen) atoms. The van der Waals surface area contributed by atoms with Gasteiger partial charge in [0.25, 0.3) is 0 Å². The maximum atomic E-state index is 12.5. The minimum Gasteiger partial charge on any atom is -0.490 e. The summed E-state index contributed by atoms with van der Waals surface area (Å²) in [5.74, 6) is 0.246. The molecule has 1 aliphatic heterocycles. The Morgan fingerprint density at radius 3 is 2.72 bits per heavy atom. The molecule has 2 aromatic rings. The van der Waals surface area contributed by atoms with Crippen LogP contribution in [-0.2, 0) is 4.74 Å². The van der Waals surface area contributed by atoms with Gasteiger partial charge < -0.3 is 18.6 Å². The van der Waals surface area contributed by atoms with Crippen LogP contribution in [-0.4, -0.2) is 25.3 Å². The highest BCUT2D eigenvalue weighted by Crippen LogP contribution is 2.48. The first-order chi connectivity index (χ1) is 11.8. The minimum atomic E-state index is -0.684. The third kappa shape index (κ3) is 2.97. The van der Waals surface area contributed by atoms with E-state index in [1.54, 1.807) is 13.0 Å². The van der Waals surface area contributed by atoms with E-state index in [4.69, 9.17) is 18.6 Å². The maximum absolute atomic E-state index is 12.5. The molecule has 1 aromatic carbocycles. The molecule has 1 aliphatic rings. The number of ether oxygens (including phenoxy) is 3. The summed E-state index contributed by atoms with van der Waals surface area (Å²) in [6, 6.07) is 2.93. The molecular formula is C19H22O6. The zero-order valence-electron chi connectivity index (χ0n) is 15.1. The van der Waals surface area contributed by atoms with Crippen molar-refractivity contribution in [2.75, 3.05) is 13.7 Å². The summed E-state index contributed by atoms with van der Waals surface area (Å²) in [7, 11) is 1.49. The van der Waals surface area contributed by atoms with E-state index < -0.39 is 5.97 Å². The minimum absolute atomic E-state index is 0.152. The fourth-order valence-electron chi connectivity index (χ4n) is 3.39. The smallest absolute Gasteiger partial charge is 0.374 e. The highest BCUT2D eigenvalue weighted by Gasteiger charge is 2.35. The molecule has 0 saturated heterocycles. The highest BCUT2D eigenvalue weighted by molar-refractivity contribution is 5.92. The molecule has 1 unspecified atom stereocenters. The lowest BCUT2D eigenvalue weighted by Gasteiger charge is -2.37. The van der Waals surface area contributed by atoms with E-state index in [-0.39, 0.29) is 34.9 Å². The summed E-state index contributed by atoms with van der Waals surface area (Å²) in [6.45, 7) is 7.97. The zero-order chi connectivity index (χ0) is 18.4. The molecule has 134 valence electrons. The number of hydrogen-bond acceptors (Lipinski definition) is 6. The second-order valence-electron chi connectivity index (χ2n) is 6.87. The quantitative estimate of drug-likeness (QED) is 0.790. The van der Waals surface area contributed by atoms with Crippen molar-refractivity contribution in [3.63, 3.8) is 0 Å². The number of hydrogen-bond donors (Lipinski definition) is 0. The molecule has 2 heterocycles. The van der Waals surface area contributed by atoms with E-state index in [0.29, 0.717) is 16.9 Å². The van der Waals surface area contributed by atoms with Crippen molar-refractivity contribution in [2.45, 2.75) is 45.6 Å². The first kappa shape index (κ1) is 17.3. The van der Waals surface area contributed by atoms with Gasteiger partial charge in [-0.25, -0.2) is 4.79 Å². The molecule has 3 rings (SSSR count). The van der Waals surface area contributed by atoms with Gasteiger partial charge in [0.15, 0.2) is 16.8 Å². The molecule has 6 nitrogen and oxygen atoms in total. The van der Waals surface area contributed by atoms with Crippen molar-refractivity contribution in [2.24, 2.45) is 0 Å². The molecule has 0 amide bonds. The normalized spacial score (nSPS) is 18.4. The van der Waals surface area contributed by atoms with Crippen LogP contribution in [0.1, 0.15) is 56.2 Å². The van der Waals surface area contributed by atoms with Gasteiger partial charge in [0, 0.05) is 11.6 Å². The van der Waals surface area contributed by atoms with Gasteiger partial charge in [-0.1, -0.05) is 6.92 Å². The zero-order valence-corrected chi connectivity index (χ0v) is 15.1. The van der Waals surface area contributed by atoms with Crippen LogP contribution < -0.4 is 14.9 Å². The van der Waals surface area contributed by atoms with Crippen LogP contribution in [0.25, 0.3) is 11.0 Å². The lowest BCUT2D eigenvalue weighted by Crippen LogP contribution is -2.34. The molecule has 1 atom stereocenters. The fraction of sp³-hybridized carbons (Fsp3) is 0.474. The van der Waals surface area contributed by atoms with Gasteiger partial charge in [-0.05, 0) is 39.2 Å². The van der Waals surface area contributed by atoms with Crippen molar-refractivity contribution >= 4 is 16.9 Å². The molecule has 0 saturated carbocycles. The second kappa shape index (κ2) is 6.10. The molecule has 0 radical (unpaired) electrons. The third-order valence-electron chi connectivity index (χ3n) is 4.35. The van der Waals surface area contributed by atoms with Gasteiger partial charge in [0.05, 0.1) is 19.1 Å². The van der Waals surface area contributed by atoms with Gasteiger partial charge >= 0.3 is 5.97 Å². The summed E-state index contributed by atoms with van der Waals surface area (Å²) in [5, 5.41) is 0.360. The highest BCUT2D eigenvalue weighted by atomic mass is 16.5. The molecule has 1 aromatic heterocycles. The number of carbonyl (C=O) groups excluding carboxylic acids is 1. The largest absolute Gasteiger partial charge is 0.490 e. The summed E-state index contributed by atoms with van der Waals surface area (Å²) < 4.78 is 22.2. The predicted molar refractivity (Wildman–Crippen MR) is 92.7 cm³/mol. The first-order valence-corrected chi connectivity index (χ1v) is 8.32. The number of methoxy groups -OCH3 is 1. The molecule has 0 aliphatic carbocycles. The molecular weight excluding hydrogens is 324 g/mol. The van der Waals surface area contributed by atoms with Crippen molar-refractivity contribution in [1.29, 1.82) is 0 Å². The Labute approximate surface area is 145 Å². The second-order valence-corrected chi connectivity index (χ2v) is 6.87. The Bertz CT molecular complexity index is 893. The number of esters is 1. The van der Waals surface area contributed by atoms with Gasteiger partial charge in [-0.15, -0.1) is 0 Å². The number of rotatable bonds is 3. The molecule has 0 spiro atoms. The van der Waals surface area contributed by atoms with Gasteiger partial charge in [0.2, 0.25) is 11.5 Å². The van der Waals surface area contributed by atoms with Crippen molar-refractivity contribution < 1.29 is 23.4 Å². The average molecular weight is 346 g/mol. The van der Waals surface area contributed by atoms with Crippen LogP contribution in [0.4, 0.5) is 0 Å². The molecule has 0 fully saturated rings. The van der Waals surface area contributed by atoms with Crippen LogP contribution in [0.15, 0.2) is 21.3 Å². The summed E-state index contributed by atoms with van der Waals surface area (Å²) in [5.41, 5.74) is 0.413. The van der Waals surface area contributed by atoms with E-state index in [2.05, 4.69) is 6.92 Å². The van der Waals surface area contributed by atoms with Crippen molar-refractivity contribution in [3.8, 4) is 11.5 Å². The van der Waals surface area contributed by atoms with Crippen LogP contribution >= 0.6 is 0 Å². The van der Waals surface area contributed by atoms with Gasteiger partial charge in [-0.2, -0.15) is 0 Å². The van der Waals surface area contributed by atoms with Gasteiger partial charge in [-0.3, -0.25) is 4.79 Å². The predicted octanol–water partition coefficient (Wildman–Crippen LogP) is 3.64.